The van der Waals surface area contributed by atoms with Gasteiger partial charge < -0.3 is 5.32 Å². The van der Waals surface area contributed by atoms with Crippen LogP contribution < -0.4 is 5.32 Å². The first-order chi connectivity index (χ1) is 9.18. The molecule has 1 aliphatic carbocycles. The van der Waals surface area contributed by atoms with Crippen molar-refractivity contribution in [2.75, 3.05) is 6.54 Å². The van der Waals surface area contributed by atoms with Crippen LogP contribution in [0.1, 0.15) is 70.2 Å². The van der Waals surface area contributed by atoms with E-state index in [1.54, 1.807) is 5.56 Å². The highest BCUT2D eigenvalue weighted by Crippen LogP contribution is 2.47. The molecule has 1 N–H and O–H groups in total. The molecule has 114 valence electrons. The van der Waals surface area contributed by atoms with Crippen LogP contribution in [0.4, 0.5) is 0 Å². The zero-order chi connectivity index (χ0) is 15.0. The van der Waals surface area contributed by atoms with Gasteiger partial charge in [-0.25, -0.2) is 0 Å². The summed E-state index contributed by atoms with van der Waals surface area (Å²) in [6.45, 7) is 15.1. The van der Waals surface area contributed by atoms with E-state index in [9.17, 15) is 0 Å². The largest absolute Gasteiger partial charge is 0.312 e. The van der Waals surface area contributed by atoms with E-state index in [-0.39, 0.29) is 5.54 Å². The van der Waals surface area contributed by atoms with E-state index >= 15 is 0 Å². The summed E-state index contributed by atoms with van der Waals surface area (Å²) < 4.78 is 0. The molecule has 0 saturated heterocycles. The van der Waals surface area contributed by atoms with Gasteiger partial charge in [-0.3, -0.25) is 0 Å². The predicted octanol–water partition coefficient (Wildman–Crippen LogP) is 5.35. The molecule has 1 aliphatic rings. The van der Waals surface area contributed by atoms with Crippen molar-refractivity contribution < 1.29 is 0 Å². The molecule has 0 bridgehead atoms. The summed E-state index contributed by atoms with van der Waals surface area (Å²) in [5.41, 5.74) is 2.34. The normalized spacial score (nSPS) is 26.7. The Morgan fingerprint density at radius 3 is 2.60 bits per heavy atom. The maximum atomic E-state index is 3.73. The van der Waals surface area contributed by atoms with Crippen LogP contribution in [0.15, 0.2) is 11.4 Å². The van der Waals surface area contributed by atoms with Crippen LogP contribution >= 0.6 is 11.3 Å². The lowest BCUT2D eigenvalue weighted by Crippen LogP contribution is -2.42. The van der Waals surface area contributed by atoms with Crippen molar-refractivity contribution in [3.63, 3.8) is 0 Å². The van der Waals surface area contributed by atoms with E-state index in [0.717, 1.165) is 18.4 Å². The fraction of sp³-hybridized carbons (Fsp3) is 0.778. The van der Waals surface area contributed by atoms with Gasteiger partial charge in [-0.2, -0.15) is 0 Å². The van der Waals surface area contributed by atoms with Crippen LogP contribution in [-0.2, 0) is 0 Å². The highest BCUT2D eigenvalue weighted by Gasteiger charge is 2.36. The topological polar surface area (TPSA) is 12.0 Å². The van der Waals surface area contributed by atoms with Crippen molar-refractivity contribution in [1.29, 1.82) is 0 Å². The second kappa shape index (κ2) is 5.81. The molecule has 1 aromatic rings. The Kier molecular flexibility index (Phi) is 4.66. The number of hydrogen-bond acceptors (Lipinski definition) is 2. The molecule has 1 fully saturated rings. The third kappa shape index (κ3) is 4.08. The molecule has 2 heteroatoms. The fourth-order valence-corrected chi connectivity index (χ4v) is 4.24. The lowest BCUT2D eigenvalue weighted by molar-refractivity contribution is 0.154. The number of nitrogens with one attached hydrogen (secondary N) is 1. The minimum Gasteiger partial charge on any atom is -0.312 e. The average Bonchev–Trinajstić information content (AvgIpc) is 2.71. The van der Waals surface area contributed by atoms with Crippen LogP contribution in [0.3, 0.4) is 0 Å². The van der Waals surface area contributed by atoms with Crippen LogP contribution in [0.5, 0.6) is 0 Å². The first kappa shape index (κ1) is 16.0. The Labute approximate surface area is 129 Å². The quantitative estimate of drug-likeness (QED) is 0.791. The molecule has 1 heterocycles. The Morgan fingerprint density at radius 1 is 1.35 bits per heavy atom. The van der Waals surface area contributed by atoms with Crippen molar-refractivity contribution in [2.45, 2.75) is 72.3 Å². The predicted molar refractivity (Wildman–Crippen MR) is 90.7 cm³/mol. The lowest BCUT2D eigenvalue weighted by Gasteiger charge is -2.42. The van der Waals surface area contributed by atoms with Gasteiger partial charge in [0.05, 0.1) is 0 Å². The van der Waals surface area contributed by atoms with Gasteiger partial charge in [-0.1, -0.05) is 13.8 Å². The molecule has 2 unspecified atom stereocenters. The molecular weight excluding hydrogens is 262 g/mol. The highest BCUT2D eigenvalue weighted by molar-refractivity contribution is 7.10. The van der Waals surface area contributed by atoms with E-state index in [2.05, 4.69) is 58.3 Å². The van der Waals surface area contributed by atoms with Crippen molar-refractivity contribution in [3.05, 3.63) is 21.9 Å². The Hall–Kier alpha value is -0.340. The minimum absolute atomic E-state index is 0.223. The summed E-state index contributed by atoms with van der Waals surface area (Å²) in [5, 5.41) is 6.00. The number of hydrogen-bond donors (Lipinski definition) is 1. The molecule has 0 spiro atoms. The van der Waals surface area contributed by atoms with Crippen LogP contribution in [0.2, 0.25) is 0 Å². The zero-order valence-electron chi connectivity index (χ0n) is 14.0. The van der Waals surface area contributed by atoms with Gasteiger partial charge in [0.2, 0.25) is 0 Å². The Bertz CT molecular complexity index is 439. The van der Waals surface area contributed by atoms with E-state index in [0.29, 0.717) is 5.41 Å². The summed E-state index contributed by atoms with van der Waals surface area (Å²) in [6, 6.07) is 2.37. The van der Waals surface area contributed by atoms with Crippen LogP contribution in [0.25, 0.3) is 0 Å². The molecule has 1 aromatic heterocycles. The number of rotatable bonds is 3. The summed E-state index contributed by atoms with van der Waals surface area (Å²) in [6.07, 6.45) is 4.06. The second-order valence-corrected chi connectivity index (χ2v) is 9.46. The zero-order valence-corrected chi connectivity index (χ0v) is 14.9. The van der Waals surface area contributed by atoms with Gasteiger partial charge in [0.25, 0.3) is 0 Å². The molecule has 20 heavy (non-hydrogen) atoms. The van der Waals surface area contributed by atoms with E-state index in [1.807, 2.05) is 11.3 Å². The molecule has 1 nitrogen and oxygen atoms in total. The van der Waals surface area contributed by atoms with E-state index in [4.69, 9.17) is 0 Å². The number of thiophene rings is 1. The highest BCUT2D eigenvalue weighted by atomic mass is 32.1. The molecule has 0 radical (unpaired) electrons. The SMILES string of the molecule is Cc1sccc1C1CC(C)(C)CCC1CNC(C)(C)C. The molecule has 0 aliphatic heterocycles. The van der Waals surface area contributed by atoms with Gasteiger partial charge in [0, 0.05) is 10.4 Å². The molecule has 2 atom stereocenters. The lowest BCUT2D eigenvalue weighted by atomic mass is 9.65. The molecule has 0 amide bonds. The first-order valence-electron chi connectivity index (χ1n) is 7.97. The molecule has 1 saturated carbocycles. The van der Waals surface area contributed by atoms with Gasteiger partial charge in [-0.05, 0) is 87.8 Å². The monoisotopic (exact) mass is 293 g/mol. The summed E-state index contributed by atoms with van der Waals surface area (Å²) in [4.78, 5) is 1.52. The Morgan fingerprint density at radius 2 is 2.05 bits per heavy atom. The summed E-state index contributed by atoms with van der Waals surface area (Å²) in [5.74, 6) is 1.52. The maximum Gasteiger partial charge on any atom is 0.00966 e. The van der Waals surface area contributed by atoms with Gasteiger partial charge in [0.15, 0.2) is 0 Å². The second-order valence-electron chi connectivity index (χ2n) is 8.34. The van der Waals surface area contributed by atoms with Gasteiger partial charge in [-0.15, -0.1) is 11.3 Å². The minimum atomic E-state index is 0.223. The molecule has 0 aromatic carbocycles. The van der Waals surface area contributed by atoms with Gasteiger partial charge in [0.1, 0.15) is 0 Å². The van der Waals surface area contributed by atoms with Crippen molar-refractivity contribution in [3.8, 4) is 0 Å². The van der Waals surface area contributed by atoms with E-state index in [1.165, 1.54) is 24.1 Å². The summed E-state index contributed by atoms with van der Waals surface area (Å²) >= 11 is 1.90. The third-order valence-electron chi connectivity index (χ3n) is 4.73. The first-order valence-corrected chi connectivity index (χ1v) is 8.85. The standard InChI is InChI=1S/C18H31NS/c1-13-15(8-10-20-13)16-11-18(5,6)9-7-14(16)12-19-17(2,3)4/h8,10,14,16,19H,7,9,11-12H2,1-6H3. The van der Waals surface area contributed by atoms with Crippen LogP contribution in [0, 0.1) is 18.3 Å². The van der Waals surface area contributed by atoms with Crippen LogP contribution in [-0.4, -0.2) is 12.1 Å². The van der Waals surface area contributed by atoms with Crippen molar-refractivity contribution >= 4 is 11.3 Å². The smallest absolute Gasteiger partial charge is 0.00966 e. The molecule has 2 rings (SSSR count). The van der Waals surface area contributed by atoms with Crippen molar-refractivity contribution in [2.24, 2.45) is 11.3 Å². The molecular formula is C18H31NS. The summed E-state index contributed by atoms with van der Waals surface area (Å²) in [7, 11) is 0. The number of aryl methyl sites for hydroxylation is 1. The Balaban J connectivity index is 2.15. The maximum absolute atomic E-state index is 3.73. The van der Waals surface area contributed by atoms with Crippen molar-refractivity contribution in [1.82, 2.24) is 5.32 Å². The fourth-order valence-electron chi connectivity index (χ4n) is 3.47. The average molecular weight is 294 g/mol. The van der Waals surface area contributed by atoms with Gasteiger partial charge >= 0.3 is 0 Å². The third-order valence-corrected chi connectivity index (χ3v) is 5.59. The van der Waals surface area contributed by atoms with E-state index < -0.39 is 0 Å².